The average Bonchev–Trinajstić information content (AvgIpc) is 3.18. The minimum atomic E-state index is 0.595. The molecule has 0 unspecified atom stereocenters. The summed E-state index contributed by atoms with van der Waals surface area (Å²) in [5, 5.41) is 7.95. The molecule has 0 aliphatic heterocycles. The summed E-state index contributed by atoms with van der Waals surface area (Å²) < 4.78 is 5.11. The molecule has 6 heteroatoms. The summed E-state index contributed by atoms with van der Waals surface area (Å²) in [5.41, 5.74) is 4.41. The molecule has 4 rings (SSSR count). The molecule has 0 bridgehead atoms. The van der Waals surface area contributed by atoms with Crippen molar-refractivity contribution < 1.29 is 4.74 Å². The normalized spacial score (nSPS) is 10.9. The number of aromatic amines is 1. The lowest BCUT2D eigenvalue weighted by Crippen LogP contribution is -2.13. The van der Waals surface area contributed by atoms with Crippen molar-refractivity contribution in [1.29, 1.82) is 0 Å². The van der Waals surface area contributed by atoms with Crippen molar-refractivity contribution in [3.8, 4) is 11.3 Å². The summed E-state index contributed by atoms with van der Waals surface area (Å²) in [5.74, 6) is 1.40. The zero-order chi connectivity index (χ0) is 19.9. The van der Waals surface area contributed by atoms with Gasteiger partial charge in [-0.3, -0.25) is 0 Å². The fourth-order valence-corrected chi connectivity index (χ4v) is 3.30. The van der Waals surface area contributed by atoms with Crippen LogP contribution in [0.15, 0.2) is 66.9 Å². The van der Waals surface area contributed by atoms with Crippen LogP contribution in [0.5, 0.6) is 0 Å². The maximum atomic E-state index is 5.11. The van der Waals surface area contributed by atoms with Gasteiger partial charge in [0.1, 0.15) is 5.82 Å². The number of anilines is 2. The molecule has 0 radical (unpaired) electrons. The molecule has 0 amide bonds. The van der Waals surface area contributed by atoms with Crippen molar-refractivity contribution in [2.75, 3.05) is 37.4 Å². The molecular weight excluding hydrogens is 362 g/mol. The van der Waals surface area contributed by atoms with E-state index >= 15 is 0 Å². The molecule has 148 valence electrons. The number of hydrogen-bond acceptors (Lipinski definition) is 5. The first kappa shape index (κ1) is 19.0. The van der Waals surface area contributed by atoms with Crippen molar-refractivity contribution in [1.82, 2.24) is 15.0 Å². The zero-order valence-corrected chi connectivity index (χ0v) is 16.5. The van der Waals surface area contributed by atoms with Crippen LogP contribution in [0, 0.1) is 0 Å². The van der Waals surface area contributed by atoms with Crippen LogP contribution >= 0.6 is 0 Å². The minimum absolute atomic E-state index is 0.595. The molecule has 0 aliphatic rings. The summed E-state index contributed by atoms with van der Waals surface area (Å²) in [4.78, 5) is 12.6. The number of benzene rings is 2. The van der Waals surface area contributed by atoms with E-state index in [-0.39, 0.29) is 0 Å². The summed E-state index contributed by atoms with van der Waals surface area (Å²) in [7, 11) is 1.68. The number of methoxy groups -OCH3 is 1. The van der Waals surface area contributed by atoms with Gasteiger partial charge in [-0.2, -0.15) is 4.98 Å². The highest BCUT2D eigenvalue weighted by Crippen LogP contribution is 2.22. The van der Waals surface area contributed by atoms with Gasteiger partial charge < -0.3 is 20.4 Å². The van der Waals surface area contributed by atoms with Crippen molar-refractivity contribution >= 4 is 22.7 Å². The highest BCUT2D eigenvalue weighted by molar-refractivity contribution is 5.83. The van der Waals surface area contributed by atoms with Crippen LogP contribution in [0.1, 0.15) is 5.56 Å². The van der Waals surface area contributed by atoms with E-state index in [9.17, 15) is 0 Å². The lowest BCUT2D eigenvalue weighted by atomic mass is 10.1. The first-order valence-electron chi connectivity index (χ1n) is 9.79. The van der Waals surface area contributed by atoms with E-state index in [0.29, 0.717) is 19.1 Å². The van der Waals surface area contributed by atoms with Crippen molar-refractivity contribution in [3.63, 3.8) is 0 Å². The quantitative estimate of drug-likeness (QED) is 0.373. The first-order valence-corrected chi connectivity index (χ1v) is 9.79. The number of fused-ring (bicyclic) bond motifs is 1. The molecule has 0 saturated carbocycles. The Kier molecular flexibility index (Phi) is 6.02. The van der Waals surface area contributed by atoms with Gasteiger partial charge in [-0.15, -0.1) is 0 Å². The fourth-order valence-electron chi connectivity index (χ4n) is 3.30. The van der Waals surface area contributed by atoms with E-state index in [4.69, 9.17) is 4.74 Å². The van der Waals surface area contributed by atoms with Crippen LogP contribution in [0.4, 0.5) is 11.8 Å². The second-order valence-electron chi connectivity index (χ2n) is 6.78. The topological polar surface area (TPSA) is 74.9 Å². The molecule has 29 heavy (non-hydrogen) atoms. The maximum absolute atomic E-state index is 5.11. The molecule has 0 aliphatic carbocycles. The largest absolute Gasteiger partial charge is 0.383 e. The molecule has 6 nitrogen and oxygen atoms in total. The molecule has 0 saturated heterocycles. The minimum Gasteiger partial charge on any atom is -0.383 e. The second-order valence-corrected chi connectivity index (χ2v) is 6.78. The van der Waals surface area contributed by atoms with Crippen molar-refractivity contribution in [3.05, 3.63) is 72.4 Å². The molecule has 0 spiro atoms. The van der Waals surface area contributed by atoms with Gasteiger partial charge >= 0.3 is 0 Å². The Bertz CT molecular complexity index is 1060. The number of rotatable bonds is 9. The van der Waals surface area contributed by atoms with E-state index in [2.05, 4.69) is 62.1 Å². The Balaban J connectivity index is 1.50. The maximum Gasteiger partial charge on any atom is 0.225 e. The third-order valence-corrected chi connectivity index (χ3v) is 4.76. The predicted molar refractivity (Wildman–Crippen MR) is 118 cm³/mol. The number of aromatic nitrogens is 3. The fraction of sp³-hybridized carbons (Fsp3) is 0.217. The molecule has 2 aromatic carbocycles. The number of ether oxygens (including phenoxy) is 1. The zero-order valence-electron chi connectivity index (χ0n) is 16.5. The number of para-hydroxylation sites is 1. The van der Waals surface area contributed by atoms with Crippen molar-refractivity contribution in [2.45, 2.75) is 6.42 Å². The Labute approximate surface area is 170 Å². The Morgan fingerprint density at radius 1 is 0.931 bits per heavy atom. The number of nitrogens with zero attached hydrogens (tertiary/aromatic N) is 2. The Hall–Kier alpha value is -3.38. The number of nitrogens with one attached hydrogen (secondary N) is 3. The number of H-pyrrole nitrogens is 1. The van der Waals surface area contributed by atoms with Crippen molar-refractivity contribution in [2.24, 2.45) is 0 Å². The highest BCUT2D eigenvalue weighted by Gasteiger charge is 2.08. The predicted octanol–water partition coefficient (Wildman–Crippen LogP) is 4.34. The molecule has 3 N–H and O–H groups in total. The third kappa shape index (κ3) is 4.73. The first-order chi connectivity index (χ1) is 14.3. The SMILES string of the molecule is COCCNc1nc(NCCc2c[nH]c3ccccc23)cc(-c2ccccc2)n1. The van der Waals surface area contributed by atoms with Gasteiger partial charge in [-0.05, 0) is 18.1 Å². The Morgan fingerprint density at radius 3 is 2.62 bits per heavy atom. The second kappa shape index (κ2) is 9.21. The monoisotopic (exact) mass is 387 g/mol. The summed E-state index contributed by atoms with van der Waals surface area (Å²) in [6, 6.07) is 20.5. The molecular formula is C23H25N5O. The van der Waals surface area contributed by atoms with Crippen LogP contribution in [0.2, 0.25) is 0 Å². The van der Waals surface area contributed by atoms with Gasteiger partial charge in [0.25, 0.3) is 0 Å². The molecule has 0 fully saturated rings. The third-order valence-electron chi connectivity index (χ3n) is 4.76. The summed E-state index contributed by atoms with van der Waals surface area (Å²) in [6.07, 6.45) is 2.99. The van der Waals surface area contributed by atoms with Crippen LogP contribution < -0.4 is 10.6 Å². The number of hydrogen-bond donors (Lipinski definition) is 3. The van der Waals surface area contributed by atoms with Crippen LogP contribution in [-0.4, -0.2) is 41.8 Å². The highest BCUT2D eigenvalue weighted by atomic mass is 16.5. The molecule has 2 heterocycles. The summed E-state index contributed by atoms with van der Waals surface area (Å²) >= 11 is 0. The standard InChI is InChI=1S/C23H25N5O/c1-29-14-13-25-23-27-21(17-7-3-2-4-8-17)15-22(28-23)24-12-11-18-16-26-20-10-6-5-9-19(18)20/h2-10,15-16,26H,11-14H2,1H3,(H2,24,25,27,28). The van der Waals surface area contributed by atoms with Gasteiger partial charge in [0.2, 0.25) is 5.95 Å². The van der Waals surface area contributed by atoms with Gasteiger partial charge in [-0.25, -0.2) is 4.98 Å². The summed E-state index contributed by atoms with van der Waals surface area (Å²) in [6.45, 7) is 2.04. The van der Waals surface area contributed by atoms with Crippen LogP contribution in [-0.2, 0) is 11.2 Å². The van der Waals surface area contributed by atoms with Gasteiger partial charge in [0.15, 0.2) is 0 Å². The molecule has 2 aromatic heterocycles. The molecule has 4 aromatic rings. The van der Waals surface area contributed by atoms with Gasteiger partial charge in [-0.1, -0.05) is 48.5 Å². The van der Waals surface area contributed by atoms with Crippen LogP contribution in [0.3, 0.4) is 0 Å². The average molecular weight is 387 g/mol. The van der Waals surface area contributed by atoms with E-state index < -0.39 is 0 Å². The van der Waals surface area contributed by atoms with E-state index in [0.717, 1.165) is 30.0 Å². The molecule has 0 atom stereocenters. The lowest BCUT2D eigenvalue weighted by Gasteiger charge is -2.11. The van der Waals surface area contributed by atoms with E-state index in [1.54, 1.807) is 7.11 Å². The smallest absolute Gasteiger partial charge is 0.225 e. The van der Waals surface area contributed by atoms with E-state index in [1.165, 1.54) is 16.5 Å². The lowest BCUT2D eigenvalue weighted by molar-refractivity contribution is 0.210. The van der Waals surface area contributed by atoms with E-state index in [1.807, 2.05) is 30.3 Å². The van der Waals surface area contributed by atoms with Crippen LogP contribution in [0.25, 0.3) is 22.2 Å². The van der Waals surface area contributed by atoms with Gasteiger partial charge in [0, 0.05) is 48.9 Å². The Morgan fingerprint density at radius 2 is 1.76 bits per heavy atom. The van der Waals surface area contributed by atoms with Gasteiger partial charge in [0.05, 0.1) is 12.3 Å².